The first-order valence-corrected chi connectivity index (χ1v) is 6.23. The Morgan fingerprint density at radius 1 is 1.63 bits per heavy atom. The predicted molar refractivity (Wildman–Crippen MR) is 68.0 cm³/mol. The molecule has 2 heterocycles. The van der Waals surface area contributed by atoms with Crippen molar-refractivity contribution in [2.45, 2.75) is 25.3 Å². The summed E-state index contributed by atoms with van der Waals surface area (Å²) in [5, 5.41) is 21.7. The van der Waals surface area contributed by atoms with Gasteiger partial charge >= 0.3 is 0 Å². The van der Waals surface area contributed by atoms with Crippen LogP contribution >= 0.6 is 0 Å². The maximum Gasteiger partial charge on any atom is 0.274 e. The zero-order valence-electron chi connectivity index (χ0n) is 10.8. The van der Waals surface area contributed by atoms with Crippen molar-refractivity contribution >= 4 is 5.91 Å². The molecule has 1 unspecified atom stereocenters. The fourth-order valence-electron chi connectivity index (χ4n) is 2.21. The van der Waals surface area contributed by atoms with Gasteiger partial charge in [0, 0.05) is 19.4 Å². The van der Waals surface area contributed by atoms with Crippen molar-refractivity contribution in [3.63, 3.8) is 0 Å². The van der Waals surface area contributed by atoms with Crippen LogP contribution in [0.25, 0.3) is 0 Å². The average molecular weight is 266 g/mol. The van der Waals surface area contributed by atoms with Gasteiger partial charge in [-0.05, 0) is 31.4 Å². The molecule has 0 radical (unpaired) electrons. The molecule has 0 bridgehead atoms. The number of aromatic nitrogens is 1. The van der Waals surface area contributed by atoms with E-state index in [0.29, 0.717) is 26.1 Å². The minimum absolute atomic E-state index is 0.00480. The van der Waals surface area contributed by atoms with E-state index in [-0.39, 0.29) is 18.1 Å². The van der Waals surface area contributed by atoms with E-state index < -0.39 is 11.4 Å². The van der Waals surface area contributed by atoms with Gasteiger partial charge in [-0.2, -0.15) is 0 Å². The zero-order chi connectivity index (χ0) is 13.9. The van der Waals surface area contributed by atoms with Crippen molar-refractivity contribution in [3.8, 4) is 5.75 Å². The number of pyridine rings is 1. The number of nitrogens with zero attached hydrogens (tertiary/aromatic N) is 1. The van der Waals surface area contributed by atoms with Crippen LogP contribution in [0.3, 0.4) is 0 Å². The summed E-state index contributed by atoms with van der Waals surface area (Å²) in [4.78, 5) is 16.1. The standard InChI is InChI=1S/C13H18N2O4/c1-9-6-10(17)11(14-7-9)12(18)15-13(2-4-16)3-5-19-8-13/h6-7,16-17H,2-5,8H2,1H3,(H,15,18). The van der Waals surface area contributed by atoms with E-state index in [1.54, 1.807) is 6.92 Å². The number of ether oxygens (including phenoxy) is 1. The van der Waals surface area contributed by atoms with Crippen LogP contribution in [0.1, 0.15) is 28.9 Å². The quantitative estimate of drug-likeness (QED) is 0.732. The van der Waals surface area contributed by atoms with Gasteiger partial charge in [0.15, 0.2) is 5.69 Å². The number of aromatic hydroxyl groups is 1. The highest BCUT2D eigenvalue weighted by atomic mass is 16.5. The predicted octanol–water partition coefficient (Wildman–Crippen LogP) is 0.367. The zero-order valence-corrected chi connectivity index (χ0v) is 10.8. The smallest absolute Gasteiger partial charge is 0.274 e. The molecule has 1 atom stereocenters. The Morgan fingerprint density at radius 3 is 3.00 bits per heavy atom. The molecule has 3 N–H and O–H groups in total. The van der Waals surface area contributed by atoms with Crippen molar-refractivity contribution in [1.82, 2.24) is 10.3 Å². The molecule has 1 fully saturated rings. The molecule has 1 aromatic rings. The number of nitrogens with one attached hydrogen (secondary N) is 1. The second kappa shape index (κ2) is 5.54. The molecule has 6 nitrogen and oxygen atoms in total. The van der Waals surface area contributed by atoms with E-state index in [4.69, 9.17) is 9.84 Å². The number of amides is 1. The number of aliphatic hydroxyl groups excluding tert-OH is 1. The van der Waals surface area contributed by atoms with Crippen molar-refractivity contribution < 1.29 is 19.7 Å². The van der Waals surface area contributed by atoms with Crippen molar-refractivity contribution in [3.05, 3.63) is 23.5 Å². The maximum atomic E-state index is 12.1. The molecular formula is C13H18N2O4. The van der Waals surface area contributed by atoms with Crippen molar-refractivity contribution in [2.75, 3.05) is 19.8 Å². The van der Waals surface area contributed by atoms with Crippen molar-refractivity contribution in [1.29, 1.82) is 0 Å². The lowest BCUT2D eigenvalue weighted by atomic mass is 9.94. The molecular weight excluding hydrogens is 248 g/mol. The van der Waals surface area contributed by atoms with Gasteiger partial charge < -0.3 is 20.3 Å². The molecule has 0 aromatic carbocycles. The molecule has 0 spiro atoms. The molecule has 2 rings (SSSR count). The van der Waals surface area contributed by atoms with Crippen LogP contribution in [-0.4, -0.2) is 46.5 Å². The third-order valence-electron chi connectivity index (χ3n) is 3.29. The summed E-state index contributed by atoms with van der Waals surface area (Å²) in [5.41, 5.74) is 0.211. The monoisotopic (exact) mass is 266 g/mol. The molecule has 1 amide bonds. The highest BCUT2D eigenvalue weighted by Gasteiger charge is 2.36. The van der Waals surface area contributed by atoms with Crippen LogP contribution in [-0.2, 0) is 4.74 Å². The van der Waals surface area contributed by atoms with Crippen LogP contribution in [0.15, 0.2) is 12.3 Å². The highest BCUT2D eigenvalue weighted by molar-refractivity contribution is 5.95. The fourth-order valence-corrected chi connectivity index (χ4v) is 2.21. The van der Waals surface area contributed by atoms with Crippen LogP contribution in [0, 0.1) is 6.92 Å². The summed E-state index contributed by atoms with van der Waals surface area (Å²) in [6.07, 6.45) is 2.59. The number of aliphatic hydroxyl groups is 1. The summed E-state index contributed by atoms with van der Waals surface area (Å²) >= 11 is 0. The molecule has 1 aliphatic rings. The second-order valence-corrected chi connectivity index (χ2v) is 4.89. The molecule has 19 heavy (non-hydrogen) atoms. The number of carbonyl (C=O) groups is 1. The minimum atomic E-state index is -0.565. The summed E-state index contributed by atoms with van der Waals surface area (Å²) in [5.74, 6) is -0.591. The average Bonchev–Trinajstić information content (AvgIpc) is 2.77. The van der Waals surface area contributed by atoms with Gasteiger partial charge in [-0.25, -0.2) is 4.98 Å². The number of carbonyl (C=O) groups excluding carboxylic acids is 1. The Labute approximate surface area is 111 Å². The lowest BCUT2D eigenvalue weighted by Crippen LogP contribution is -2.49. The Hall–Kier alpha value is -1.66. The largest absolute Gasteiger partial charge is 0.505 e. The maximum absolute atomic E-state index is 12.1. The van der Waals surface area contributed by atoms with Crippen LogP contribution < -0.4 is 5.32 Å². The Morgan fingerprint density at radius 2 is 2.42 bits per heavy atom. The normalized spacial score (nSPS) is 22.4. The van der Waals surface area contributed by atoms with Gasteiger partial charge in [-0.15, -0.1) is 0 Å². The lowest BCUT2D eigenvalue weighted by molar-refractivity contribution is 0.0843. The van der Waals surface area contributed by atoms with Gasteiger partial charge in [0.1, 0.15) is 5.75 Å². The summed E-state index contributed by atoms with van der Waals surface area (Å²) < 4.78 is 5.29. The van der Waals surface area contributed by atoms with Crippen LogP contribution in [0.4, 0.5) is 0 Å². The third-order valence-corrected chi connectivity index (χ3v) is 3.29. The van der Waals surface area contributed by atoms with E-state index in [1.807, 2.05) is 0 Å². The molecule has 1 aliphatic heterocycles. The summed E-state index contributed by atoms with van der Waals surface area (Å²) in [7, 11) is 0. The lowest BCUT2D eigenvalue weighted by Gasteiger charge is -2.27. The molecule has 1 saturated heterocycles. The van der Waals surface area contributed by atoms with E-state index in [1.165, 1.54) is 12.3 Å². The number of rotatable bonds is 4. The molecule has 104 valence electrons. The van der Waals surface area contributed by atoms with Crippen LogP contribution in [0.5, 0.6) is 5.75 Å². The Balaban J connectivity index is 2.15. The topological polar surface area (TPSA) is 91.7 Å². The van der Waals surface area contributed by atoms with E-state index in [2.05, 4.69) is 10.3 Å². The van der Waals surface area contributed by atoms with E-state index in [0.717, 1.165) is 5.56 Å². The van der Waals surface area contributed by atoms with E-state index in [9.17, 15) is 9.90 Å². The summed E-state index contributed by atoms with van der Waals surface area (Å²) in [6.45, 7) is 2.67. The summed E-state index contributed by atoms with van der Waals surface area (Å²) in [6, 6.07) is 1.49. The van der Waals surface area contributed by atoms with Gasteiger partial charge in [-0.3, -0.25) is 4.79 Å². The fraction of sp³-hybridized carbons (Fsp3) is 0.538. The van der Waals surface area contributed by atoms with Crippen LogP contribution in [0.2, 0.25) is 0 Å². The van der Waals surface area contributed by atoms with Gasteiger partial charge in [-0.1, -0.05) is 0 Å². The SMILES string of the molecule is Cc1cnc(C(=O)NC2(CCO)CCOC2)c(O)c1. The molecule has 0 saturated carbocycles. The molecule has 1 aromatic heterocycles. The third kappa shape index (κ3) is 3.02. The molecule has 6 heteroatoms. The van der Waals surface area contributed by atoms with Gasteiger partial charge in [0.25, 0.3) is 5.91 Å². The Bertz CT molecular complexity index is 470. The molecule has 0 aliphatic carbocycles. The van der Waals surface area contributed by atoms with Gasteiger partial charge in [0.05, 0.1) is 12.1 Å². The Kier molecular flexibility index (Phi) is 4.01. The number of hydrogen-bond donors (Lipinski definition) is 3. The first kappa shape index (κ1) is 13.8. The highest BCUT2D eigenvalue weighted by Crippen LogP contribution is 2.24. The number of aryl methyl sites for hydroxylation is 1. The first-order chi connectivity index (χ1) is 9.06. The second-order valence-electron chi connectivity index (χ2n) is 4.89. The van der Waals surface area contributed by atoms with E-state index >= 15 is 0 Å². The van der Waals surface area contributed by atoms with Gasteiger partial charge in [0.2, 0.25) is 0 Å². The number of hydrogen-bond acceptors (Lipinski definition) is 5. The first-order valence-electron chi connectivity index (χ1n) is 6.23. The minimum Gasteiger partial charge on any atom is -0.505 e. The van der Waals surface area contributed by atoms with Crippen molar-refractivity contribution in [2.24, 2.45) is 0 Å².